The van der Waals surface area contributed by atoms with Crippen molar-refractivity contribution in [1.29, 1.82) is 0 Å². The number of likely N-dealkylation sites (tertiary alicyclic amines) is 1. The van der Waals surface area contributed by atoms with Gasteiger partial charge in [0.25, 0.3) is 0 Å². The Hall–Kier alpha value is -2.71. The van der Waals surface area contributed by atoms with E-state index in [4.69, 9.17) is 9.26 Å². The van der Waals surface area contributed by atoms with Crippen LogP contribution >= 0.6 is 15.9 Å². The SMILES string of the molecule is COc1cccc(CCCNC(=O)C2CCN(Cc3nc(-c4ccc(Br)cc4)no3)CC2)c1. The van der Waals surface area contributed by atoms with E-state index in [9.17, 15) is 4.79 Å². The van der Waals surface area contributed by atoms with Gasteiger partial charge >= 0.3 is 0 Å². The van der Waals surface area contributed by atoms with Gasteiger partial charge in [-0.25, -0.2) is 0 Å². The highest BCUT2D eigenvalue weighted by atomic mass is 79.9. The van der Waals surface area contributed by atoms with Crippen molar-refractivity contribution >= 4 is 21.8 Å². The highest BCUT2D eigenvalue weighted by Crippen LogP contribution is 2.22. The van der Waals surface area contributed by atoms with E-state index in [1.807, 2.05) is 42.5 Å². The minimum absolute atomic E-state index is 0.0686. The van der Waals surface area contributed by atoms with E-state index in [0.29, 0.717) is 24.8 Å². The number of aromatic nitrogens is 2. The van der Waals surface area contributed by atoms with Crippen molar-refractivity contribution in [2.45, 2.75) is 32.2 Å². The minimum atomic E-state index is 0.0686. The van der Waals surface area contributed by atoms with Gasteiger partial charge < -0.3 is 14.6 Å². The average molecular weight is 513 g/mol. The number of piperidine rings is 1. The molecule has 8 heteroatoms. The van der Waals surface area contributed by atoms with Crippen molar-refractivity contribution in [3.8, 4) is 17.1 Å². The lowest BCUT2D eigenvalue weighted by Gasteiger charge is -2.30. The molecule has 0 saturated carbocycles. The fourth-order valence-corrected chi connectivity index (χ4v) is 4.32. The van der Waals surface area contributed by atoms with Crippen LogP contribution in [0.15, 0.2) is 57.5 Å². The summed E-state index contributed by atoms with van der Waals surface area (Å²) >= 11 is 3.43. The van der Waals surface area contributed by atoms with Crippen molar-refractivity contribution in [3.05, 3.63) is 64.5 Å². The zero-order chi connectivity index (χ0) is 23.0. The molecule has 0 atom stereocenters. The fraction of sp³-hybridized carbons (Fsp3) is 0.400. The van der Waals surface area contributed by atoms with Gasteiger partial charge in [0.15, 0.2) is 0 Å². The van der Waals surface area contributed by atoms with Gasteiger partial charge in [-0.3, -0.25) is 9.69 Å². The minimum Gasteiger partial charge on any atom is -0.497 e. The molecule has 1 aromatic heterocycles. The van der Waals surface area contributed by atoms with Crippen LogP contribution < -0.4 is 10.1 Å². The molecule has 1 aliphatic rings. The molecule has 174 valence electrons. The molecule has 1 amide bonds. The smallest absolute Gasteiger partial charge is 0.241 e. The number of nitrogens with one attached hydrogen (secondary N) is 1. The van der Waals surface area contributed by atoms with E-state index in [2.05, 4.69) is 42.4 Å². The highest BCUT2D eigenvalue weighted by Gasteiger charge is 2.25. The molecule has 1 fully saturated rings. The van der Waals surface area contributed by atoms with Crippen LogP contribution in [0.3, 0.4) is 0 Å². The zero-order valence-corrected chi connectivity index (χ0v) is 20.4. The standard InChI is InChI=1S/C25H29BrN4O3/c1-32-22-6-2-4-18(16-22)5-3-13-27-25(31)20-11-14-30(15-12-20)17-23-28-24(29-33-23)19-7-9-21(26)10-8-19/h2,4,6-10,16,20H,3,5,11-15,17H2,1H3,(H,27,31). The first-order valence-electron chi connectivity index (χ1n) is 11.3. The van der Waals surface area contributed by atoms with E-state index >= 15 is 0 Å². The topological polar surface area (TPSA) is 80.5 Å². The Morgan fingerprint density at radius 1 is 1.21 bits per heavy atom. The van der Waals surface area contributed by atoms with Crippen LogP contribution in [0.1, 0.15) is 30.7 Å². The number of benzene rings is 2. The first kappa shape index (κ1) is 23.4. The van der Waals surface area contributed by atoms with Crippen molar-refractivity contribution < 1.29 is 14.1 Å². The van der Waals surface area contributed by atoms with Crippen LogP contribution in [-0.4, -0.2) is 47.7 Å². The summed E-state index contributed by atoms with van der Waals surface area (Å²) in [4.78, 5) is 19.4. The Morgan fingerprint density at radius 2 is 2.00 bits per heavy atom. The molecule has 0 radical (unpaired) electrons. The van der Waals surface area contributed by atoms with Gasteiger partial charge in [-0.1, -0.05) is 33.2 Å². The molecule has 33 heavy (non-hydrogen) atoms. The van der Waals surface area contributed by atoms with Gasteiger partial charge in [-0.2, -0.15) is 4.98 Å². The van der Waals surface area contributed by atoms with Gasteiger partial charge in [0.1, 0.15) is 5.75 Å². The quantitative estimate of drug-likeness (QED) is 0.426. The summed E-state index contributed by atoms with van der Waals surface area (Å²) in [5.74, 6) is 2.30. The number of nitrogens with zero attached hydrogens (tertiary/aromatic N) is 3. The Bertz CT molecular complexity index is 1050. The van der Waals surface area contributed by atoms with E-state index in [1.165, 1.54) is 5.56 Å². The lowest BCUT2D eigenvalue weighted by Crippen LogP contribution is -2.40. The first-order chi connectivity index (χ1) is 16.1. The first-order valence-corrected chi connectivity index (χ1v) is 12.1. The number of rotatable bonds is 9. The molecule has 2 heterocycles. The normalized spacial score (nSPS) is 14.8. The van der Waals surface area contributed by atoms with E-state index in [-0.39, 0.29) is 11.8 Å². The molecule has 1 aliphatic heterocycles. The van der Waals surface area contributed by atoms with Crippen LogP contribution in [0.2, 0.25) is 0 Å². The number of carbonyl (C=O) groups is 1. The Balaban J connectivity index is 1.16. The summed E-state index contributed by atoms with van der Waals surface area (Å²) in [6, 6.07) is 15.9. The maximum absolute atomic E-state index is 12.6. The van der Waals surface area contributed by atoms with Crippen LogP contribution in [-0.2, 0) is 17.8 Å². The summed E-state index contributed by atoms with van der Waals surface area (Å²) in [5, 5.41) is 7.21. The summed E-state index contributed by atoms with van der Waals surface area (Å²) < 4.78 is 11.7. The largest absolute Gasteiger partial charge is 0.497 e. The molecule has 0 aliphatic carbocycles. The molecular weight excluding hydrogens is 484 g/mol. The van der Waals surface area contributed by atoms with Crippen LogP contribution in [0.25, 0.3) is 11.4 Å². The molecule has 2 aromatic carbocycles. The lowest BCUT2D eigenvalue weighted by molar-refractivity contribution is -0.126. The number of methoxy groups -OCH3 is 1. The lowest BCUT2D eigenvalue weighted by atomic mass is 9.96. The number of hydrogen-bond acceptors (Lipinski definition) is 6. The van der Waals surface area contributed by atoms with Crippen LogP contribution in [0.4, 0.5) is 0 Å². The summed E-state index contributed by atoms with van der Waals surface area (Å²) in [7, 11) is 1.67. The number of amides is 1. The van der Waals surface area contributed by atoms with Gasteiger partial charge in [0.2, 0.25) is 17.6 Å². The fourth-order valence-electron chi connectivity index (χ4n) is 4.06. The molecule has 1 N–H and O–H groups in total. The molecule has 0 spiro atoms. The number of carbonyl (C=O) groups excluding carboxylic acids is 1. The third-order valence-electron chi connectivity index (χ3n) is 5.96. The van der Waals surface area contributed by atoms with Crippen molar-refractivity contribution in [2.75, 3.05) is 26.7 Å². The molecule has 0 bridgehead atoms. The van der Waals surface area contributed by atoms with Crippen molar-refractivity contribution in [1.82, 2.24) is 20.4 Å². The van der Waals surface area contributed by atoms with E-state index < -0.39 is 0 Å². The monoisotopic (exact) mass is 512 g/mol. The third kappa shape index (κ3) is 6.65. The van der Waals surface area contributed by atoms with Crippen molar-refractivity contribution in [2.24, 2.45) is 5.92 Å². The van der Waals surface area contributed by atoms with Gasteiger partial charge in [-0.05, 0) is 80.7 Å². The zero-order valence-electron chi connectivity index (χ0n) is 18.8. The molecule has 4 rings (SSSR count). The molecule has 7 nitrogen and oxygen atoms in total. The van der Waals surface area contributed by atoms with Gasteiger partial charge in [-0.15, -0.1) is 0 Å². The maximum atomic E-state index is 12.6. The number of aryl methyl sites for hydroxylation is 1. The second kappa shape index (κ2) is 11.4. The number of hydrogen-bond donors (Lipinski definition) is 1. The summed E-state index contributed by atoms with van der Waals surface area (Å²) in [5.41, 5.74) is 2.15. The van der Waals surface area contributed by atoms with Crippen LogP contribution in [0, 0.1) is 5.92 Å². The molecule has 0 unspecified atom stereocenters. The Kier molecular flexibility index (Phi) is 8.12. The second-order valence-corrected chi connectivity index (χ2v) is 9.23. The molecular formula is C25H29BrN4O3. The van der Waals surface area contributed by atoms with E-state index in [0.717, 1.165) is 54.6 Å². The Labute approximate surface area is 202 Å². The van der Waals surface area contributed by atoms with Gasteiger partial charge in [0.05, 0.1) is 13.7 Å². The van der Waals surface area contributed by atoms with Gasteiger partial charge in [0, 0.05) is 22.5 Å². The molecule has 3 aromatic rings. The average Bonchev–Trinajstić information content (AvgIpc) is 3.31. The predicted octanol–water partition coefficient (Wildman–Crippen LogP) is 4.47. The third-order valence-corrected chi connectivity index (χ3v) is 6.49. The summed E-state index contributed by atoms with van der Waals surface area (Å²) in [6.45, 7) is 2.99. The predicted molar refractivity (Wildman–Crippen MR) is 130 cm³/mol. The van der Waals surface area contributed by atoms with Crippen molar-refractivity contribution in [3.63, 3.8) is 0 Å². The summed E-state index contributed by atoms with van der Waals surface area (Å²) in [6.07, 6.45) is 3.52. The second-order valence-electron chi connectivity index (χ2n) is 8.32. The molecule has 1 saturated heterocycles. The highest BCUT2D eigenvalue weighted by molar-refractivity contribution is 9.10. The van der Waals surface area contributed by atoms with E-state index in [1.54, 1.807) is 7.11 Å². The maximum Gasteiger partial charge on any atom is 0.241 e. The van der Waals surface area contributed by atoms with Crippen LogP contribution in [0.5, 0.6) is 5.75 Å². The number of ether oxygens (including phenoxy) is 1. The number of halogens is 1. The Morgan fingerprint density at radius 3 is 2.76 bits per heavy atom.